The van der Waals surface area contributed by atoms with Gasteiger partial charge in [0.25, 0.3) is 0 Å². The Balaban J connectivity index is 1.88. The van der Waals surface area contributed by atoms with Crippen molar-refractivity contribution in [3.63, 3.8) is 0 Å². The van der Waals surface area contributed by atoms with E-state index in [4.69, 9.17) is 0 Å². The van der Waals surface area contributed by atoms with Crippen LogP contribution in [0.25, 0.3) is 0 Å². The molecule has 1 aliphatic carbocycles. The average molecular weight is 213 g/mol. The van der Waals surface area contributed by atoms with Gasteiger partial charge in [0.1, 0.15) is 0 Å². The number of β-amino-alcohol motifs (C(OH)–C–C–N with tert-alkyl or cyclic N) is 2. The minimum absolute atomic E-state index is 0.521. The molecule has 1 heterocycles. The van der Waals surface area contributed by atoms with Crippen LogP contribution in [-0.2, 0) is 0 Å². The summed E-state index contributed by atoms with van der Waals surface area (Å²) in [5.74, 6) is 0.860. The standard InChI is InChI=1S/C12H23NO2/c1-2-9-4-3-5-10(6-9)13-7-11(14)12(15)8-13/h9-12,14-15H,2-8H2,1H3. The summed E-state index contributed by atoms with van der Waals surface area (Å²) in [6.45, 7) is 3.60. The molecular formula is C12H23NO2. The number of likely N-dealkylation sites (tertiary alicyclic amines) is 1. The van der Waals surface area contributed by atoms with E-state index in [0.717, 1.165) is 5.92 Å². The highest BCUT2D eigenvalue weighted by molar-refractivity contribution is 4.89. The molecule has 0 aromatic rings. The van der Waals surface area contributed by atoms with Crippen molar-refractivity contribution >= 4 is 0 Å². The maximum atomic E-state index is 9.53. The quantitative estimate of drug-likeness (QED) is 0.719. The summed E-state index contributed by atoms with van der Waals surface area (Å²) in [7, 11) is 0. The van der Waals surface area contributed by atoms with Crippen LogP contribution in [0.4, 0.5) is 0 Å². The van der Waals surface area contributed by atoms with Gasteiger partial charge in [-0.25, -0.2) is 0 Å². The third-order valence-electron chi connectivity index (χ3n) is 4.14. The topological polar surface area (TPSA) is 43.7 Å². The molecule has 1 aliphatic heterocycles. The van der Waals surface area contributed by atoms with Gasteiger partial charge in [-0.3, -0.25) is 4.90 Å². The maximum absolute atomic E-state index is 9.53. The van der Waals surface area contributed by atoms with Gasteiger partial charge >= 0.3 is 0 Å². The monoisotopic (exact) mass is 213 g/mol. The van der Waals surface area contributed by atoms with Gasteiger partial charge in [-0.1, -0.05) is 26.2 Å². The number of nitrogens with zero attached hydrogens (tertiary/aromatic N) is 1. The van der Waals surface area contributed by atoms with Crippen molar-refractivity contribution in [2.24, 2.45) is 5.92 Å². The molecule has 0 aromatic heterocycles. The van der Waals surface area contributed by atoms with Crippen LogP contribution in [0.15, 0.2) is 0 Å². The van der Waals surface area contributed by atoms with Gasteiger partial charge < -0.3 is 10.2 Å². The molecule has 1 saturated carbocycles. The van der Waals surface area contributed by atoms with Gasteiger partial charge in [0, 0.05) is 19.1 Å². The van der Waals surface area contributed by atoms with Crippen LogP contribution < -0.4 is 0 Å². The zero-order valence-corrected chi connectivity index (χ0v) is 9.60. The summed E-state index contributed by atoms with van der Waals surface area (Å²) in [4.78, 5) is 2.29. The molecule has 3 heteroatoms. The number of hydrogen-bond acceptors (Lipinski definition) is 3. The number of rotatable bonds is 2. The fourth-order valence-corrected chi connectivity index (χ4v) is 3.06. The van der Waals surface area contributed by atoms with Gasteiger partial charge in [-0.05, 0) is 18.8 Å². The summed E-state index contributed by atoms with van der Waals surface area (Å²) >= 11 is 0. The molecule has 0 aromatic carbocycles. The molecule has 3 nitrogen and oxygen atoms in total. The molecule has 2 fully saturated rings. The summed E-state index contributed by atoms with van der Waals surface area (Å²) in [5, 5.41) is 19.1. The lowest BCUT2D eigenvalue weighted by atomic mass is 9.83. The average Bonchev–Trinajstić information content (AvgIpc) is 2.59. The molecule has 2 rings (SSSR count). The third-order valence-corrected chi connectivity index (χ3v) is 4.14. The largest absolute Gasteiger partial charge is 0.389 e. The Morgan fingerprint density at radius 3 is 2.40 bits per heavy atom. The van der Waals surface area contributed by atoms with Gasteiger partial charge in [0.2, 0.25) is 0 Å². The highest BCUT2D eigenvalue weighted by atomic mass is 16.3. The van der Waals surface area contributed by atoms with E-state index in [0.29, 0.717) is 19.1 Å². The molecule has 2 aliphatic rings. The Labute approximate surface area is 92.1 Å². The van der Waals surface area contributed by atoms with E-state index in [9.17, 15) is 10.2 Å². The van der Waals surface area contributed by atoms with Crippen LogP contribution in [0, 0.1) is 5.92 Å². The maximum Gasteiger partial charge on any atom is 0.0938 e. The van der Waals surface area contributed by atoms with E-state index >= 15 is 0 Å². The van der Waals surface area contributed by atoms with Gasteiger partial charge in [0.05, 0.1) is 12.2 Å². The van der Waals surface area contributed by atoms with E-state index in [-0.39, 0.29) is 0 Å². The first kappa shape index (κ1) is 11.4. The van der Waals surface area contributed by atoms with Crippen LogP contribution in [0.5, 0.6) is 0 Å². The predicted octanol–water partition coefficient (Wildman–Crippen LogP) is 0.993. The summed E-state index contributed by atoms with van der Waals surface area (Å²) in [5.41, 5.74) is 0. The first-order valence-electron chi connectivity index (χ1n) is 6.31. The van der Waals surface area contributed by atoms with E-state index in [2.05, 4.69) is 11.8 Å². The van der Waals surface area contributed by atoms with Crippen molar-refractivity contribution < 1.29 is 10.2 Å². The minimum Gasteiger partial charge on any atom is -0.389 e. The molecule has 0 amide bonds. The van der Waals surface area contributed by atoms with Crippen LogP contribution in [0.1, 0.15) is 39.0 Å². The lowest BCUT2D eigenvalue weighted by Crippen LogP contribution is -2.38. The lowest BCUT2D eigenvalue weighted by Gasteiger charge is -2.34. The molecule has 15 heavy (non-hydrogen) atoms. The van der Waals surface area contributed by atoms with Crippen molar-refractivity contribution in [2.45, 2.75) is 57.3 Å². The zero-order valence-electron chi connectivity index (χ0n) is 9.60. The fourth-order valence-electron chi connectivity index (χ4n) is 3.06. The second-order valence-corrected chi connectivity index (χ2v) is 5.18. The van der Waals surface area contributed by atoms with Gasteiger partial charge in [0.15, 0.2) is 0 Å². The summed E-state index contributed by atoms with van der Waals surface area (Å²) in [6.07, 6.45) is 5.41. The SMILES string of the molecule is CCC1CCCC(N2CC(O)C(O)C2)C1. The minimum atomic E-state index is -0.521. The molecule has 0 bridgehead atoms. The van der Waals surface area contributed by atoms with E-state index < -0.39 is 12.2 Å². The smallest absolute Gasteiger partial charge is 0.0938 e. The van der Waals surface area contributed by atoms with Gasteiger partial charge in [-0.2, -0.15) is 0 Å². The molecule has 88 valence electrons. The Hall–Kier alpha value is -0.120. The second-order valence-electron chi connectivity index (χ2n) is 5.18. The molecule has 4 unspecified atom stereocenters. The summed E-state index contributed by atoms with van der Waals surface area (Å²) < 4.78 is 0. The fraction of sp³-hybridized carbons (Fsp3) is 1.00. The summed E-state index contributed by atoms with van der Waals surface area (Å²) in [6, 6.07) is 0.607. The van der Waals surface area contributed by atoms with E-state index in [1.807, 2.05) is 0 Å². The van der Waals surface area contributed by atoms with Crippen LogP contribution in [0.2, 0.25) is 0 Å². The number of hydrogen-bond donors (Lipinski definition) is 2. The second kappa shape index (κ2) is 4.81. The van der Waals surface area contributed by atoms with Crippen molar-refractivity contribution in [3.8, 4) is 0 Å². The Kier molecular flexibility index (Phi) is 3.65. The molecular weight excluding hydrogens is 190 g/mol. The number of aliphatic hydroxyl groups excluding tert-OH is 2. The first-order valence-corrected chi connectivity index (χ1v) is 6.31. The predicted molar refractivity (Wildman–Crippen MR) is 59.6 cm³/mol. The molecule has 2 N–H and O–H groups in total. The Bertz CT molecular complexity index is 200. The van der Waals surface area contributed by atoms with Gasteiger partial charge in [-0.15, -0.1) is 0 Å². The van der Waals surface area contributed by atoms with E-state index in [1.165, 1.54) is 32.1 Å². The molecule has 0 radical (unpaired) electrons. The highest BCUT2D eigenvalue weighted by Crippen LogP contribution is 2.31. The molecule has 1 saturated heterocycles. The van der Waals surface area contributed by atoms with Crippen LogP contribution >= 0.6 is 0 Å². The zero-order chi connectivity index (χ0) is 10.8. The molecule has 0 spiro atoms. The van der Waals surface area contributed by atoms with Crippen molar-refractivity contribution in [3.05, 3.63) is 0 Å². The van der Waals surface area contributed by atoms with Crippen molar-refractivity contribution in [1.29, 1.82) is 0 Å². The Morgan fingerprint density at radius 2 is 1.80 bits per heavy atom. The van der Waals surface area contributed by atoms with Crippen molar-refractivity contribution in [2.75, 3.05) is 13.1 Å². The van der Waals surface area contributed by atoms with Crippen molar-refractivity contribution in [1.82, 2.24) is 4.90 Å². The first-order chi connectivity index (χ1) is 7.20. The highest BCUT2D eigenvalue weighted by Gasteiger charge is 2.35. The van der Waals surface area contributed by atoms with Crippen LogP contribution in [0.3, 0.4) is 0 Å². The normalized spacial score (nSPS) is 43.4. The van der Waals surface area contributed by atoms with E-state index in [1.54, 1.807) is 0 Å². The third kappa shape index (κ3) is 2.52. The number of aliphatic hydroxyl groups is 2. The van der Waals surface area contributed by atoms with Crippen LogP contribution in [-0.4, -0.2) is 46.5 Å². The molecule has 4 atom stereocenters. The Morgan fingerprint density at radius 1 is 1.13 bits per heavy atom. The lowest BCUT2D eigenvalue weighted by molar-refractivity contribution is 0.0572.